The first-order valence-electron chi connectivity index (χ1n) is 12.8. The Labute approximate surface area is 218 Å². The van der Waals surface area contributed by atoms with E-state index in [9.17, 15) is 24.3 Å². The first-order chi connectivity index (χ1) is 17.0. The molecule has 206 valence electrons. The van der Waals surface area contributed by atoms with Crippen molar-refractivity contribution in [3.8, 4) is 0 Å². The van der Waals surface area contributed by atoms with E-state index < -0.39 is 77.1 Å². The number of hydrogen-bond acceptors (Lipinski definition) is 9. The van der Waals surface area contributed by atoms with Gasteiger partial charge in [0.2, 0.25) is 0 Å². The average Bonchev–Trinajstić information content (AvgIpc) is 2.73. The molecule has 3 rings (SSSR count). The summed E-state index contributed by atoms with van der Waals surface area (Å²) in [6.45, 7) is 17.1. The Kier molecular flexibility index (Phi) is 7.99. The molecular formula is C28H40O9. The fourth-order valence-corrected chi connectivity index (χ4v) is 7.15. The molecule has 3 aliphatic rings. The van der Waals surface area contributed by atoms with Crippen LogP contribution in [0.1, 0.15) is 74.7 Å². The number of carbonyl (C=O) groups excluding carboxylic acids is 4. The molecule has 0 aromatic heterocycles. The number of aliphatic hydroxyl groups is 1. The summed E-state index contributed by atoms with van der Waals surface area (Å²) in [5.41, 5.74) is 0.247. The molecule has 0 radical (unpaired) electrons. The van der Waals surface area contributed by atoms with Crippen molar-refractivity contribution in [2.24, 2.45) is 22.7 Å². The van der Waals surface area contributed by atoms with E-state index >= 15 is 0 Å². The van der Waals surface area contributed by atoms with Crippen LogP contribution in [0.15, 0.2) is 23.3 Å². The molecule has 1 N–H and O–H groups in total. The van der Waals surface area contributed by atoms with Crippen molar-refractivity contribution in [3.05, 3.63) is 23.3 Å². The van der Waals surface area contributed by atoms with Crippen molar-refractivity contribution in [2.45, 2.75) is 105 Å². The maximum Gasteiger partial charge on any atom is 0.303 e. The molecule has 0 amide bonds. The standard InChI is InChI=1S/C28H40O9/c1-13-20(34-15(3)29)10-11-28(9)22(13)24(33)19-12-21(35-16(4)30)14(2)23(27(19,7)8)25(36-17(5)31)26(28)37-18(6)32/h19-22,24-26,33H,1,10-12H2,2-9H3/t19?,20-,21-,22?,24+,25+,26-,28+/m0/s1. The van der Waals surface area contributed by atoms with Crippen LogP contribution in [0.25, 0.3) is 0 Å². The largest absolute Gasteiger partial charge is 0.458 e. The lowest BCUT2D eigenvalue weighted by Gasteiger charge is -2.59. The molecule has 8 atom stereocenters. The topological polar surface area (TPSA) is 125 Å². The van der Waals surface area contributed by atoms with E-state index in [0.29, 0.717) is 36.0 Å². The van der Waals surface area contributed by atoms with Crippen LogP contribution < -0.4 is 0 Å². The van der Waals surface area contributed by atoms with Gasteiger partial charge in [-0.25, -0.2) is 0 Å². The second-order valence-corrected chi connectivity index (χ2v) is 11.5. The number of hydrogen-bond donors (Lipinski definition) is 1. The molecule has 2 saturated carbocycles. The van der Waals surface area contributed by atoms with Gasteiger partial charge in [0.1, 0.15) is 18.3 Å². The zero-order valence-electron chi connectivity index (χ0n) is 23.1. The molecule has 0 aliphatic heterocycles. The van der Waals surface area contributed by atoms with Gasteiger partial charge in [-0.15, -0.1) is 0 Å². The minimum atomic E-state index is -1.01. The second kappa shape index (κ2) is 10.2. The summed E-state index contributed by atoms with van der Waals surface area (Å²) >= 11 is 0. The molecular weight excluding hydrogens is 480 g/mol. The molecule has 2 unspecified atom stereocenters. The van der Waals surface area contributed by atoms with Gasteiger partial charge in [-0.05, 0) is 54.2 Å². The van der Waals surface area contributed by atoms with Crippen molar-refractivity contribution in [1.29, 1.82) is 0 Å². The van der Waals surface area contributed by atoms with E-state index in [-0.39, 0.29) is 0 Å². The maximum absolute atomic E-state index is 12.5. The first-order valence-corrected chi connectivity index (χ1v) is 12.8. The molecule has 0 heterocycles. The van der Waals surface area contributed by atoms with E-state index in [0.717, 1.165) is 0 Å². The van der Waals surface area contributed by atoms with Crippen molar-refractivity contribution < 1.29 is 43.2 Å². The highest BCUT2D eigenvalue weighted by molar-refractivity contribution is 5.69. The fraction of sp³-hybridized carbons (Fsp3) is 0.714. The van der Waals surface area contributed by atoms with Crippen LogP contribution in [-0.2, 0) is 38.1 Å². The van der Waals surface area contributed by atoms with Crippen LogP contribution >= 0.6 is 0 Å². The highest BCUT2D eigenvalue weighted by Gasteiger charge is 2.63. The van der Waals surface area contributed by atoms with Gasteiger partial charge in [0.05, 0.1) is 6.10 Å². The first kappa shape index (κ1) is 28.9. The van der Waals surface area contributed by atoms with E-state index in [1.807, 2.05) is 27.7 Å². The van der Waals surface area contributed by atoms with E-state index in [2.05, 4.69) is 6.58 Å². The Hall–Kier alpha value is -2.68. The summed E-state index contributed by atoms with van der Waals surface area (Å²) in [5.74, 6) is -3.17. The number of esters is 4. The van der Waals surface area contributed by atoms with Gasteiger partial charge in [0.25, 0.3) is 0 Å². The van der Waals surface area contributed by atoms with Crippen LogP contribution in [0.4, 0.5) is 0 Å². The normalized spacial score (nSPS) is 36.9. The van der Waals surface area contributed by atoms with Crippen molar-refractivity contribution in [3.63, 3.8) is 0 Å². The van der Waals surface area contributed by atoms with Crippen LogP contribution in [0.3, 0.4) is 0 Å². The van der Waals surface area contributed by atoms with Crippen LogP contribution in [0, 0.1) is 22.7 Å². The Balaban J connectivity index is 2.33. The zero-order chi connectivity index (χ0) is 28.0. The molecule has 0 spiro atoms. The van der Waals surface area contributed by atoms with Crippen LogP contribution in [0.5, 0.6) is 0 Å². The quantitative estimate of drug-likeness (QED) is 0.337. The molecule has 2 bridgehead atoms. The molecule has 2 fully saturated rings. The van der Waals surface area contributed by atoms with Gasteiger partial charge in [0.15, 0.2) is 6.10 Å². The smallest absolute Gasteiger partial charge is 0.303 e. The Morgan fingerprint density at radius 1 is 0.865 bits per heavy atom. The van der Waals surface area contributed by atoms with Crippen molar-refractivity contribution >= 4 is 23.9 Å². The van der Waals surface area contributed by atoms with Gasteiger partial charge in [0, 0.05) is 39.0 Å². The molecule has 0 saturated heterocycles. The predicted molar refractivity (Wildman–Crippen MR) is 133 cm³/mol. The van der Waals surface area contributed by atoms with Gasteiger partial charge in [-0.2, -0.15) is 0 Å². The number of carbonyl (C=O) groups is 4. The Morgan fingerprint density at radius 3 is 1.89 bits per heavy atom. The summed E-state index contributed by atoms with van der Waals surface area (Å²) in [6.07, 6.45) is -3.11. The lowest BCUT2D eigenvalue weighted by molar-refractivity contribution is -0.198. The molecule has 3 aliphatic carbocycles. The fourth-order valence-electron chi connectivity index (χ4n) is 7.15. The van der Waals surface area contributed by atoms with E-state index in [4.69, 9.17) is 18.9 Å². The van der Waals surface area contributed by atoms with Gasteiger partial charge in [-0.1, -0.05) is 27.4 Å². The highest BCUT2D eigenvalue weighted by Crippen LogP contribution is 2.60. The molecule has 9 heteroatoms. The minimum Gasteiger partial charge on any atom is -0.458 e. The van der Waals surface area contributed by atoms with E-state index in [1.54, 1.807) is 0 Å². The monoisotopic (exact) mass is 520 g/mol. The van der Waals surface area contributed by atoms with Gasteiger partial charge in [-0.3, -0.25) is 19.2 Å². The number of aliphatic hydroxyl groups excluding tert-OH is 1. The lowest BCUT2D eigenvalue weighted by atomic mass is 9.49. The van der Waals surface area contributed by atoms with Crippen LogP contribution in [0.2, 0.25) is 0 Å². The molecule has 9 nitrogen and oxygen atoms in total. The number of fused-ring (bicyclic) bond motifs is 3. The molecule has 0 aromatic rings. The van der Waals surface area contributed by atoms with E-state index in [1.165, 1.54) is 27.7 Å². The van der Waals surface area contributed by atoms with Crippen molar-refractivity contribution in [1.82, 2.24) is 0 Å². The summed E-state index contributed by atoms with van der Waals surface area (Å²) in [4.78, 5) is 48.7. The Bertz CT molecular complexity index is 1020. The lowest BCUT2D eigenvalue weighted by Crippen LogP contribution is -2.63. The third kappa shape index (κ3) is 5.19. The minimum absolute atomic E-state index is 0.339. The van der Waals surface area contributed by atoms with Gasteiger partial charge < -0.3 is 24.1 Å². The summed E-state index contributed by atoms with van der Waals surface area (Å²) in [5, 5.41) is 12.1. The molecule has 37 heavy (non-hydrogen) atoms. The third-order valence-electron chi connectivity index (χ3n) is 8.63. The number of ether oxygens (including phenoxy) is 4. The maximum atomic E-state index is 12.5. The van der Waals surface area contributed by atoms with Crippen LogP contribution in [-0.4, -0.2) is 59.5 Å². The number of rotatable bonds is 4. The summed E-state index contributed by atoms with van der Waals surface area (Å²) in [7, 11) is 0. The van der Waals surface area contributed by atoms with Gasteiger partial charge >= 0.3 is 23.9 Å². The van der Waals surface area contributed by atoms with Crippen molar-refractivity contribution in [2.75, 3.05) is 0 Å². The second-order valence-electron chi connectivity index (χ2n) is 11.5. The molecule has 0 aromatic carbocycles. The highest BCUT2D eigenvalue weighted by atomic mass is 16.6. The third-order valence-corrected chi connectivity index (χ3v) is 8.63. The summed E-state index contributed by atoms with van der Waals surface area (Å²) in [6, 6.07) is 0. The Morgan fingerprint density at radius 2 is 1.38 bits per heavy atom. The zero-order valence-corrected chi connectivity index (χ0v) is 23.1. The SMILES string of the molecule is C=C1C2[C@H](O)C3C[C@H](OC(C)=O)C(C)=C([C@@H](OC(C)=O)[C@H](OC(C)=O)[C@]2(C)CC[C@@H]1OC(C)=O)C3(C)C. The summed E-state index contributed by atoms with van der Waals surface area (Å²) < 4.78 is 23.1. The average molecular weight is 521 g/mol. The predicted octanol–water partition coefficient (Wildman–Crippen LogP) is 3.42.